The number of ether oxygens (including phenoxy) is 2. The lowest BCUT2D eigenvalue weighted by Gasteiger charge is -2.24. The predicted octanol–water partition coefficient (Wildman–Crippen LogP) is 12.7. The van der Waals surface area contributed by atoms with Crippen LogP contribution in [0.4, 0.5) is 0 Å². The van der Waals surface area contributed by atoms with Gasteiger partial charge in [-0.15, -0.1) is 0 Å². The second kappa shape index (κ2) is 38.5. The van der Waals surface area contributed by atoms with E-state index in [1.54, 1.807) is 0 Å². The summed E-state index contributed by atoms with van der Waals surface area (Å²) in [5.41, 5.74) is 0. The second-order valence-electron chi connectivity index (χ2n) is 16.1. The highest BCUT2D eigenvalue weighted by Gasteiger charge is 2.27. The van der Waals surface area contributed by atoms with E-state index < -0.39 is 32.5 Å². The minimum atomic E-state index is -4.38. The van der Waals surface area contributed by atoms with Gasteiger partial charge in [0.05, 0.1) is 27.7 Å². The number of unbranched alkanes of at least 4 members (excludes halogenated alkanes) is 18. The molecule has 0 aliphatic carbocycles. The van der Waals surface area contributed by atoms with Crippen molar-refractivity contribution < 1.29 is 42.1 Å². The van der Waals surface area contributed by atoms with Crippen LogP contribution in [0.1, 0.15) is 181 Å². The molecule has 0 aromatic heterocycles. The Hall–Kier alpha value is -2.03. The van der Waals surface area contributed by atoms with Crippen molar-refractivity contribution in [2.24, 2.45) is 0 Å². The Bertz CT molecular complexity index is 1100. The summed E-state index contributed by atoms with van der Waals surface area (Å²) in [7, 11) is 1.46. The van der Waals surface area contributed by atoms with E-state index in [9.17, 15) is 19.0 Å². The van der Waals surface area contributed by atoms with Crippen LogP contribution < -0.4 is 0 Å². The smallest absolute Gasteiger partial charge is 0.462 e. The molecular formula is C46H85NO8P+. The zero-order chi connectivity index (χ0) is 41.4. The molecule has 326 valence electrons. The van der Waals surface area contributed by atoms with Crippen LogP contribution in [0.2, 0.25) is 0 Å². The molecule has 0 aliphatic rings. The Morgan fingerprint density at radius 2 is 0.964 bits per heavy atom. The molecule has 1 unspecified atom stereocenters. The van der Waals surface area contributed by atoms with Gasteiger partial charge in [-0.05, 0) is 57.8 Å². The van der Waals surface area contributed by atoms with Gasteiger partial charge in [-0.3, -0.25) is 18.6 Å². The Balaban J connectivity index is 4.40. The number of carbonyl (C=O) groups excluding carboxylic acids is 2. The van der Waals surface area contributed by atoms with E-state index in [0.717, 1.165) is 51.4 Å². The molecule has 0 aliphatic heterocycles. The Kier molecular flexibility index (Phi) is 37.1. The predicted molar refractivity (Wildman–Crippen MR) is 233 cm³/mol. The molecule has 0 rings (SSSR count). The highest BCUT2D eigenvalue weighted by Crippen LogP contribution is 2.43. The standard InChI is InChI=1S/C46H84NO8P/c1-6-8-10-12-14-16-18-20-21-22-23-24-25-27-28-30-32-34-36-38-45(48)52-42-44(43-54-56(50,51)53-41-40-47(3,4)5)55-46(49)39-37-35-33-31-29-26-19-17-15-13-11-9-7-2/h14,16,20-21,23-24,27-28,44H,6-13,15,17-19,22,25-26,29-43H2,1-5H3/p+1/b16-14+,21-20+,24-23+,28-27+/t44-/m0/s1. The normalized spacial score (nSPS) is 14.0. The van der Waals surface area contributed by atoms with Crippen molar-refractivity contribution >= 4 is 19.8 Å². The fourth-order valence-electron chi connectivity index (χ4n) is 5.82. The summed E-state index contributed by atoms with van der Waals surface area (Å²) < 4.78 is 34.3. The molecule has 0 bridgehead atoms. The number of esters is 2. The molecule has 0 spiro atoms. The molecule has 0 amide bonds. The van der Waals surface area contributed by atoms with Crippen LogP contribution in [0.25, 0.3) is 0 Å². The van der Waals surface area contributed by atoms with E-state index >= 15 is 0 Å². The third kappa shape index (κ3) is 41.6. The molecule has 10 heteroatoms. The topological polar surface area (TPSA) is 108 Å². The van der Waals surface area contributed by atoms with E-state index in [4.69, 9.17) is 18.5 Å². The summed E-state index contributed by atoms with van der Waals surface area (Å²) >= 11 is 0. The summed E-state index contributed by atoms with van der Waals surface area (Å²) in [6, 6.07) is 0. The average Bonchev–Trinajstić information content (AvgIpc) is 3.15. The van der Waals surface area contributed by atoms with Gasteiger partial charge >= 0.3 is 19.8 Å². The lowest BCUT2D eigenvalue weighted by atomic mass is 10.0. The number of likely N-dealkylation sites (N-methyl/N-ethyl adjacent to an activating group) is 1. The summed E-state index contributed by atoms with van der Waals surface area (Å²) in [5, 5.41) is 0. The van der Waals surface area contributed by atoms with Gasteiger partial charge in [-0.1, -0.05) is 159 Å². The largest absolute Gasteiger partial charge is 0.472 e. The zero-order valence-electron chi connectivity index (χ0n) is 36.6. The quantitative estimate of drug-likeness (QED) is 0.0214. The Morgan fingerprint density at radius 3 is 1.46 bits per heavy atom. The van der Waals surface area contributed by atoms with Crippen LogP contribution in [0.15, 0.2) is 48.6 Å². The average molecular weight is 811 g/mol. The molecule has 0 aromatic rings. The Labute approximate surface area is 343 Å². The highest BCUT2D eigenvalue weighted by atomic mass is 31.2. The molecule has 9 nitrogen and oxygen atoms in total. The summed E-state index contributed by atoms with van der Waals surface area (Å²) in [6.07, 6.45) is 44.4. The fraction of sp³-hybridized carbons (Fsp3) is 0.783. The molecule has 2 atom stereocenters. The Morgan fingerprint density at radius 1 is 0.554 bits per heavy atom. The van der Waals surface area contributed by atoms with E-state index in [0.29, 0.717) is 23.9 Å². The molecule has 0 heterocycles. The summed E-state index contributed by atoms with van der Waals surface area (Å²) in [4.78, 5) is 35.3. The molecule has 0 aromatic carbocycles. The molecule has 0 radical (unpaired) electrons. The van der Waals surface area contributed by atoms with Crippen LogP contribution in [0.5, 0.6) is 0 Å². The molecular weight excluding hydrogens is 725 g/mol. The minimum absolute atomic E-state index is 0.0260. The van der Waals surface area contributed by atoms with Gasteiger partial charge in [0.2, 0.25) is 0 Å². The van der Waals surface area contributed by atoms with Crippen molar-refractivity contribution in [2.45, 2.75) is 187 Å². The zero-order valence-corrected chi connectivity index (χ0v) is 37.5. The number of hydrogen-bond donors (Lipinski definition) is 1. The SMILES string of the molecule is CCCCC/C=C/C/C=C/C/C=C/C/C=C/CCCCCC(=O)OC[C@@H](COP(=O)(O)OCC[N+](C)(C)C)OC(=O)CCCCCCCCCCCCCCC. The fourth-order valence-corrected chi connectivity index (χ4v) is 6.56. The maximum atomic E-state index is 12.7. The number of nitrogens with zero attached hydrogens (tertiary/aromatic N) is 1. The first kappa shape index (κ1) is 54.0. The molecule has 0 fully saturated rings. The third-order valence-electron chi connectivity index (χ3n) is 9.36. The van der Waals surface area contributed by atoms with Crippen molar-refractivity contribution in [3.63, 3.8) is 0 Å². The van der Waals surface area contributed by atoms with Gasteiger partial charge < -0.3 is 18.9 Å². The maximum Gasteiger partial charge on any atom is 0.472 e. The first-order chi connectivity index (χ1) is 27.0. The highest BCUT2D eigenvalue weighted by molar-refractivity contribution is 7.47. The van der Waals surface area contributed by atoms with Crippen LogP contribution in [0, 0.1) is 0 Å². The first-order valence-electron chi connectivity index (χ1n) is 22.4. The van der Waals surface area contributed by atoms with E-state index in [2.05, 4.69) is 62.5 Å². The lowest BCUT2D eigenvalue weighted by Crippen LogP contribution is -2.37. The van der Waals surface area contributed by atoms with Crippen LogP contribution in [0.3, 0.4) is 0 Å². The lowest BCUT2D eigenvalue weighted by molar-refractivity contribution is -0.870. The third-order valence-corrected chi connectivity index (χ3v) is 10.3. The van der Waals surface area contributed by atoms with Crippen molar-refractivity contribution in [3.8, 4) is 0 Å². The summed E-state index contributed by atoms with van der Waals surface area (Å²) in [5.74, 6) is -0.833. The molecule has 1 N–H and O–H groups in total. The van der Waals surface area contributed by atoms with Crippen molar-refractivity contribution in [2.75, 3.05) is 47.5 Å². The van der Waals surface area contributed by atoms with Gasteiger partial charge in [0, 0.05) is 12.8 Å². The van der Waals surface area contributed by atoms with Gasteiger partial charge in [0.1, 0.15) is 19.8 Å². The molecule has 0 saturated carbocycles. The first-order valence-corrected chi connectivity index (χ1v) is 23.9. The van der Waals surface area contributed by atoms with Crippen molar-refractivity contribution in [1.29, 1.82) is 0 Å². The molecule has 56 heavy (non-hydrogen) atoms. The number of allylic oxidation sites excluding steroid dienone is 8. The number of phosphoric acid groups is 1. The molecule has 0 saturated heterocycles. The number of carbonyl (C=O) groups is 2. The van der Waals surface area contributed by atoms with Gasteiger partial charge in [-0.25, -0.2) is 4.57 Å². The van der Waals surface area contributed by atoms with Crippen molar-refractivity contribution in [1.82, 2.24) is 0 Å². The number of phosphoric ester groups is 1. The van der Waals surface area contributed by atoms with Crippen molar-refractivity contribution in [3.05, 3.63) is 48.6 Å². The van der Waals surface area contributed by atoms with Gasteiger partial charge in [-0.2, -0.15) is 0 Å². The van der Waals surface area contributed by atoms with E-state index in [-0.39, 0.29) is 26.1 Å². The number of rotatable bonds is 40. The minimum Gasteiger partial charge on any atom is -0.462 e. The maximum absolute atomic E-state index is 12.7. The monoisotopic (exact) mass is 811 g/mol. The summed E-state index contributed by atoms with van der Waals surface area (Å²) in [6.45, 7) is 4.35. The van der Waals surface area contributed by atoms with Gasteiger partial charge in [0.25, 0.3) is 0 Å². The van der Waals surface area contributed by atoms with Crippen LogP contribution >= 0.6 is 7.82 Å². The van der Waals surface area contributed by atoms with E-state index in [1.807, 2.05) is 21.1 Å². The number of hydrogen-bond acceptors (Lipinski definition) is 7. The van der Waals surface area contributed by atoms with Gasteiger partial charge in [0.15, 0.2) is 6.10 Å². The second-order valence-corrected chi connectivity index (χ2v) is 17.5. The van der Waals surface area contributed by atoms with E-state index in [1.165, 1.54) is 89.9 Å². The van der Waals surface area contributed by atoms with Crippen LogP contribution in [-0.4, -0.2) is 74.9 Å². The van der Waals surface area contributed by atoms with Crippen LogP contribution in [-0.2, 0) is 32.7 Å². The number of quaternary nitrogens is 1.